The van der Waals surface area contributed by atoms with Gasteiger partial charge in [-0.2, -0.15) is 5.26 Å². The quantitative estimate of drug-likeness (QED) is 0.358. The van der Waals surface area contributed by atoms with Gasteiger partial charge in [-0.1, -0.05) is 35.3 Å². The topological polar surface area (TPSA) is 75.0 Å². The Labute approximate surface area is 182 Å². The predicted molar refractivity (Wildman–Crippen MR) is 117 cm³/mol. The van der Waals surface area contributed by atoms with Gasteiger partial charge in [0, 0.05) is 22.2 Å². The number of rotatable bonds is 6. The molecule has 0 saturated heterocycles. The molecular weight excluding hydrogens is 429 g/mol. The Hall–Kier alpha value is -2.85. The summed E-state index contributed by atoms with van der Waals surface area (Å²) in [4.78, 5) is 16.6. The summed E-state index contributed by atoms with van der Waals surface area (Å²) in [5.74, 6) is -0.434. The Bertz CT molecular complexity index is 1120. The number of hydrogen-bond acceptors (Lipinski definition) is 6. The molecule has 0 aliphatic carbocycles. The molecule has 146 valence electrons. The summed E-state index contributed by atoms with van der Waals surface area (Å²) in [7, 11) is 0. The fourth-order valence-corrected chi connectivity index (χ4v) is 3.80. The summed E-state index contributed by atoms with van der Waals surface area (Å²) in [5, 5.41) is 15.9. The van der Waals surface area contributed by atoms with Crippen LogP contribution in [0.15, 0.2) is 54.0 Å². The largest absolute Gasteiger partial charge is 0.462 e. The minimum absolute atomic E-state index is 0.279. The van der Waals surface area contributed by atoms with Gasteiger partial charge in [0.15, 0.2) is 0 Å². The number of allylic oxidation sites excluding steroid dienone is 1. The highest BCUT2D eigenvalue weighted by Gasteiger charge is 2.14. The van der Waals surface area contributed by atoms with E-state index in [1.165, 1.54) is 17.5 Å². The van der Waals surface area contributed by atoms with Crippen molar-refractivity contribution in [1.82, 2.24) is 4.98 Å². The molecule has 3 rings (SSSR count). The van der Waals surface area contributed by atoms with Crippen molar-refractivity contribution in [2.24, 2.45) is 0 Å². The van der Waals surface area contributed by atoms with Gasteiger partial charge >= 0.3 is 5.97 Å². The van der Waals surface area contributed by atoms with Crippen LogP contribution in [0.5, 0.6) is 0 Å². The van der Waals surface area contributed by atoms with Crippen molar-refractivity contribution >= 4 is 51.8 Å². The molecule has 29 heavy (non-hydrogen) atoms. The number of anilines is 1. The van der Waals surface area contributed by atoms with Crippen molar-refractivity contribution in [1.29, 1.82) is 5.26 Å². The summed E-state index contributed by atoms with van der Waals surface area (Å²) in [6, 6.07) is 14.2. The molecule has 0 bridgehead atoms. The Balaban J connectivity index is 1.86. The van der Waals surface area contributed by atoms with Crippen LogP contribution < -0.4 is 5.32 Å². The van der Waals surface area contributed by atoms with Crippen LogP contribution in [0.1, 0.15) is 22.3 Å². The van der Waals surface area contributed by atoms with Crippen LogP contribution in [-0.4, -0.2) is 17.6 Å². The van der Waals surface area contributed by atoms with E-state index in [-0.39, 0.29) is 6.61 Å². The Morgan fingerprint density at radius 3 is 2.83 bits per heavy atom. The van der Waals surface area contributed by atoms with Gasteiger partial charge in [0.05, 0.1) is 28.6 Å². The first kappa shape index (κ1) is 20.9. The number of para-hydroxylation sites is 1. The Kier molecular flexibility index (Phi) is 6.89. The lowest BCUT2D eigenvalue weighted by Gasteiger charge is -2.08. The molecule has 3 aromatic rings. The fourth-order valence-electron chi connectivity index (χ4n) is 2.51. The van der Waals surface area contributed by atoms with E-state index in [0.717, 1.165) is 5.56 Å². The molecule has 0 atom stereocenters. The highest BCUT2D eigenvalue weighted by atomic mass is 35.5. The first-order chi connectivity index (χ1) is 14.0. The molecule has 0 aliphatic heterocycles. The number of benzene rings is 2. The van der Waals surface area contributed by atoms with Crippen molar-refractivity contribution in [2.45, 2.75) is 6.92 Å². The van der Waals surface area contributed by atoms with Crippen LogP contribution in [0.3, 0.4) is 0 Å². The number of halogens is 2. The lowest BCUT2D eigenvalue weighted by Crippen LogP contribution is -2.07. The van der Waals surface area contributed by atoms with Gasteiger partial charge in [0.1, 0.15) is 16.6 Å². The maximum Gasteiger partial charge on any atom is 0.340 e. The third-order valence-corrected chi connectivity index (χ3v) is 5.28. The first-order valence-electron chi connectivity index (χ1n) is 8.57. The molecule has 1 heterocycles. The normalized spacial score (nSPS) is 11.0. The summed E-state index contributed by atoms with van der Waals surface area (Å²) in [5.41, 5.74) is 2.63. The van der Waals surface area contributed by atoms with Gasteiger partial charge in [0.2, 0.25) is 0 Å². The lowest BCUT2D eigenvalue weighted by atomic mass is 10.1. The van der Waals surface area contributed by atoms with Gasteiger partial charge in [-0.3, -0.25) is 0 Å². The van der Waals surface area contributed by atoms with E-state index in [9.17, 15) is 10.1 Å². The van der Waals surface area contributed by atoms with Crippen LogP contribution in [-0.2, 0) is 4.74 Å². The predicted octanol–water partition coefficient (Wildman–Crippen LogP) is 6.27. The lowest BCUT2D eigenvalue weighted by molar-refractivity contribution is 0.0527. The number of ether oxygens (including phenoxy) is 1. The molecule has 8 heteroatoms. The minimum atomic E-state index is -0.434. The van der Waals surface area contributed by atoms with Crippen molar-refractivity contribution in [2.75, 3.05) is 11.9 Å². The zero-order chi connectivity index (χ0) is 20.8. The monoisotopic (exact) mass is 443 g/mol. The number of carbonyl (C=O) groups excluding carboxylic acids is 1. The molecule has 2 aromatic carbocycles. The second kappa shape index (κ2) is 9.57. The van der Waals surface area contributed by atoms with Crippen LogP contribution in [0.4, 0.5) is 5.69 Å². The molecule has 0 spiro atoms. The average molecular weight is 444 g/mol. The summed E-state index contributed by atoms with van der Waals surface area (Å²) >= 11 is 13.5. The number of nitriles is 1. The van der Waals surface area contributed by atoms with Crippen LogP contribution in [0.2, 0.25) is 10.0 Å². The van der Waals surface area contributed by atoms with E-state index >= 15 is 0 Å². The van der Waals surface area contributed by atoms with Gasteiger partial charge in [-0.15, -0.1) is 11.3 Å². The standard InChI is InChI=1S/C21H15Cl2N3O2S/c1-2-28-21(27)16-5-3-4-6-18(16)25-11-13(10-24)20-26-19(12-29-20)15-8-7-14(22)9-17(15)23/h3-9,11-12,25H,2H2,1H3. The van der Waals surface area contributed by atoms with E-state index in [1.807, 2.05) is 5.38 Å². The van der Waals surface area contributed by atoms with Gasteiger partial charge in [-0.05, 0) is 37.3 Å². The van der Waals surface area contributed by atoms with Crippen molar-refractivity contribution in [3.8, 4) is 17.3 Å². The number of carbonyl (C=O) groups is 1. The molecule has 0 unspecified atom stereocenters. The molecule has 0 aliphatic rings. The minimum Gasteiger partial charge on any atom is -0.462 e. The second-order valence-electron chi connectivity index (χ2n) is 5.74. The maximum absolute atomic E-state index is 12.1. The number of hydrogen-bond donors (Lipinski definition) is 1. The Morgan fingerprint density at radius 1 is 1.31 bits per heavy atom. The zero-order valence-corrected chi connectivity index (χ0v) is 17.6. The molecule has 0 saturated carbocycles. The van der Waals surface area contributed by atoms with Crippen molar-refractivity contribution < 1.29 is 9.53 Å². The second-order valence-corrected chi connectivity index (χ2v) is 7.44. The molecule has 0 radical (unpaired) electrons. The van der Waals surface area contributed by atoms with Crippen molar-refractivity contribution in [3.63, 3.8) is 0 Å². The average Bonchev–Trinajstić information content (AvgIpc) is 3.18. The number of esters is 1. The summed E-state index contributed by atoms with van der Waals surface area (Å²) in [6.45, 7) is 2.02. The first-order valence-corrected chi connectivity index (χ1v) is 10.2. The van der Waals surface area contributed by atoms with Gasteiger partial charge < -0.3 is 10.1 Å². The third kappa shape index (κ3) is 4.96. The van der Waals surface area contributed by atoms with Crippen LogP contribution >= 0.6 is 34.5 Å². The number of nitrogens with zero attached hydrogens (tertiary/aromatic N) is 2. The molecular formula is C21H15Cl2N3O2S. The number of aromatic nitrogens is 1. The smallest absolute Gasteiger partial charge is 0.340 e. The molecule has 1 aromatic heterocycles. The fraction of sp³-hybridized carbons (Fsp3) is 0.0952. The zero-order valence-electron chi connectivity index (χ0n) is 15.3. The van der Waals surface area contributed by atoms with Gasteiger partial charge in [-0.25, -0.2) is 9.78 Å². The number of nitrogens with one attached hydrogen (secondary N) is 1. The van der Waals surface area contributed by atoms with E-state index in [1.54, 1.807) is 49.4 Å². The maximum atomic E-state index is 12.1. The Morgan fingerprint density at radius 2 is 2.10 bits per heavy atom. The van der Waals surface area contributed by atoms with E-state index < -0.39 is 5.97 Å². The third-order valence-electron chi connectivity index (χ3n) is 3.86. The number of thiazole rings is 1. The summed E-state index contributed by atoms with van der Waals surface area (Å²) in [6.07, 6.45) is 1.52. The molecule has 0 amide bonds. The molecule has 1 N–H and O–H groups in total. The van der Waals surface area contributed by atoms with Crippen molar-refractivity contribution in [3.05, 3.63) is 74.7 Å². The molecule has 0 fully saturated rings. The summed E-state index contributed by atoms with van der Waals surface area (Å²) < 4.78 is 5.06. The van der Waals surface area contributed by atoms with E-state index in [4.69, 9.17) is 27.9 Å². The van der Waals surface area contributed by atoms with Crippen LogP contribution in [0.25, 0.3) is 16.8 Å². The van der Waals surface area contributed by atoms with E-state index in [0.29, 0.717) is 37.6 Å². The highest BCUT2D eigenvalue weighted by molar-refractivity contribution is 7.11. The molecule has 5 nitrogen and oxygen atoms in total. The highest BCUT2D eigenvalue weighted by Crippen LogP contribution is 2.32. The van der Waals surface area contributed by atoms with Gasteiger partial charge in [0.25, 0.3) is 0 Å². The SMILES string of the molecule is CCOC(=O)c1ccccc1NC=C(C#N)c1nc(-c2ccc(Cl)cc2Cl)cs1. The van der Waals surface area contributed by atoms with Crippen LogP contribution in [0, 0.1) is 11.3 Å². The van der Waals surface area contributed by atoms with E-state index in [2.05, 4.69) is 16.4 Å².